The maximum Gasteiger partial charge on any atom is 0.236 e. The van der Waals surface area contributed by atoms with Gasteiger partial charge >= 0.3 is 0 Å². The number of hydrogen-bond donors (Lipinski definition) is 2. The lowest BCUT2D eigenvalue weighted by molar-refractivity contribution is -0.124. The molecule has 2 aliphatic rings. The number of rotatable bonds is 10. The number of likely N-dealkylation sites (N-methyl/N-ethyl adjacent to an activating group) is 1. The summed E-state index contributed by atoms with van der Waals surface area (Å²) in [5, 5.41) is 6.12. The van der Waals surface area contributed by atoms with Crippen molar-refractivity contribution in [2.45, 2.75) is 37.5 Å². The van der Waals surface area contributed by atoms with E-state index in [0.29, 0.717) is 26.2 Å². The summed E-state index contributed by atoms with van der Waals surface area (Å²) in [6.07, 6.45) is 1.58. The Morgan fingerprint density at radius 3 is 2.77 bits per heavy atom. The quantitative estimate of drug-likeness (QED) is 0.503. The van der Waals surface area contributed by atoms with Crippen LogP contribution in [0, 0.1) is 0 Å². The minimum atomic E-state index is -0.242. The number of methoxy groups -OCH3 is 2. The fourth-order valence-corrected chi connectivity index (χ4v) is 4.88. The zero-order chi connectivity index (χ0) is 24.6. The van der Waals surface area contributed by atoms with Crippen LogP contribution >= 0.6 is 0 Å². The van der Waals surface area contributed by atoms with E-state index in [1.54, 1.807) is 21.3 Å². The summed E-state index contributed by atoms with van der Waals surface area (Å²) in [5.74, 6) is 1.83. The van der Waals surface area contributed by atoms with Gasteiger partial charge in [0.15, 0.2) is 0 Å². The maximum atomic E-state index is 12.3. The normalized spacial score (nSPS) is 21.7. The number of benzene rings is 2. The third-order valence-electron chi connectivity index (χ3n) is 6.83. The summed E-state index contributed by atoms with van der Waals surface area (Å²) in [5.41, 5.74) is 3.36. The van der Waals surface area contributed by atoms with Gasteiger partial charge in [-0.25, -0.2) is 0 Å². The number of carbonyl (C=O) groups excluding carboxylic acids is 1. The van der Waals surface area contributed by atoms with Crippen molar-refractivity contribution in [2.24, 2.45) is 0 Å². The minimum Gasteiger partial charge on any atom is -0.497 e. The minimum absolute atomic E-state index is 0.00483. The van der Waals surface area contributed by atoms with Gasteiger partial charge in [-0.3, -0.25) is 4.79 Å². The van der Waals surface area contributed by atoms with Crippen LogP contribution in [0.3, 0.4) is 0 Å². The molecule has 0 unspecified atom stereocenters. The molecule has 2 N–H and O–H groups in total. The second-order valence-corrected chi connectivity index (χ2v) is 9.02. The topological polar surface area (TPSA) is 81.3 Å². The van der Waals surface area contributed by atoms with E-state index in [0.717, 1.165) is 54.4 Å². The van der Waals surface area contributed by atoms with Crippen LogP contribution in [-0.4, -0.2) is 72.2 Å². The summed E-state index contributed by atoms with van der Waals surface area (Å²) in [4.78, 5) is 14.7. The smallest absolute Gasteiger partial charge is 0.236 e. The summed E-state index contributed by atoms with van der Waals surface area (Å²) < 4.78 is 22.9. The van der Waals surface area contributed by atoms with E-state index in [4.69, 9.17) is 18.9 Å². The molecule has 2 heterocycles. The average molecular weight is 484 g/mol. The lowest BCUT2D eigenvalue weighted by Gasteiger charge is -2.36. The molecule has 2 aromatic carbocycles. The molecule has 0 bridgehead atoms. The number of nitrogens with one attached hydrogen (secondary N) is 2. The van der Waals surface area contributed by atoms with Crippen molar-refractivity contribution in [1.82, 2.24) is 10.6 Å². The SMILES string of the molecule is CNC(=O)[C@@H]1C[C@H](c2ccc(OC)cc2)[C@@H](OCc2ccc3c(c2)N(CCCOC)CCO3)CN1. The Hall–Kier alpha value is -2.81. The molecule has 8 nitrogen and oxygen atoms in total. The van der Waals surface area contributed by atoms with Gasteiger partial charge in [-0.05, 0) is 48.2 Å². The third kappa shape index (κ3) is 6.25. The Morgan fingerprint density at radius 1 is 1.20 bits per heavy atom. The molecular weight excluding hydrogens is 446 g/mol. The third-order valence-corrected chi connectivity index (χ3v) is 6.83. The van der Waals surface area contributed by atoms with Crippen LogP contribution in [0.15, 0.2) is 42.5 Å². The Balaban J connectivity index is 1.47. The Labute approximate surface area is 207 Å². The highest BCUT2D eigenvalue weighted by atomic mass is 16.5. The predicted octanol–water partition coefficient (Wildman–Crippen LogP) is 2.71. The summed E-state index contributed by atoms with van der Waals surface area (Å²) in [6, 6.07) is 14.1. The van der Waals surface area contributed by atoms with Gasteiger partial charge in [-0.1, -0.05) is 18.2 Å². The van der Waals surface area contributed by atoms with E-state index in [2.05, 4.69) is 39.8 Å². The number of anilines is 1. The van der Waals surface area contributed by atoms with Crippen LogP contribution < -0.4 is 25.0 Å². The molecule has 0 spiro atoms. The second-order valence-electron chi connectivity index (χ2n) is 9.02. The van der Waals surface area contributed by atoms with Crippen molar-refractivity contribution in [3.63, 3.8) is 0 Å². The van der Waals surface area contributed by atoms with Crippen LogP contribution in [0.25, 0.3) is 0 Å². The van der Waals surface area contributed by atoms with Crippen LogP contribution in [-0.2, 0) is 20.9 Å². The fourth-order valence-electron chi connectivity index (χ4n) is 4.88. The molecule has 0 aromatic heterocycles. The number of fused-ring (bicyclic) bond motifs is 1. The first kappa shape index (κ1) is 25.3. The largest absolute Gasteiger partial charge is 0.497 e. The van der Waals surface area contributed by atoms with E-state index < -0.39 is 0 Å². The van der Waals surface area contributed by atoms with Gasteiger partial charge in [0, 0.05) is 39.8 Å². The monoisotopic (exact) mass is 483 g/mol. The Kier molecular flexibility index (Phi) is 8.84. The van der Waals surface area contributed by atoms with Crippen molar-refractivity contribution in [1.29, 1.82) is 0 Å². The molecule has 4 rings (SSSR count). The fraction of sp³-hybridized carbons (Fsp3) is 0.519. The van der Waals surface area contributed by atoms with E-state index in [1.165, 1.54) is 0 Å². The number of carbonyl (C=O) groups is 1. The number of piperidine rings is 1. The second kappa shape index (κ2) is 12.2. The molecule has 2 aliphatic heterocycles. The molecule has 190 valence electrons. The van der Waals surface area contributed by atoms with Crippen molar-refractivity contribution in [3.8, 4) is 11.5 Å². The zero-order valence-electron chi connectivity index (χ0n) is 20.9. The van der Waals surface area contributed by atoms with Gasteiger partial charge in [-0.15, -0.1) is 0 Å². The van der Waals surface area contributed by atoms with Crippen molar-refractivity contribution in [2.75, 3.05) is 59.0 Å². The zero-order valence-corrected chi connectivity index (χ0v) is 20.9. The summed E-state index contributed by atoms with van der Waals surface area (Å²) in [6.45, 7) is 4.33. The Morgan fingerprint density at radius 2 is 2.03 bits per heavy atom. The van der Waals surface area contributed by atoms with E-state index in [9.17, 15) is 4.79 Å². The molecule has 0 aliphatic carbocycles. The number of ether oxygens (including phenoxy) is 4. The number of hydrogen-bond acceptors (Lipinski definition) is 7. The van der Waals surface area contributed by atoms with Crippen LogP contribution in [0.1, 0.15) is 29.9 Å². The average Bonchev–Trinajstić information content (AvgIpc) is 2.91. The lowest BCUT2D eigenvalue weighted by Crippen LogP contribution is -2.53. The van der Waals surface area contributed by atoms with E-state index in [1.807, 2.05) is 18.2 Å². The lowest BCUT2D eigenvalue weighted by atomic mass is 9.84. The first-order valence-corrected chi connectivity index (χ1v) is 12.3. The summed E-state index contributed by atoms with van der Waals surface area (Å²) >= 11 is 0. The van der Waals surface area contributed by atoms with Gasteiger partial charge in [0.05, 0.1) is 38.1 Å². The molecule has 8 heteroatoms. The van der Waals surface area contributed by atoms with E-state index in [-0.39, 0.29) is 24.0 Å². The molecule has 35 heavy (non-hydrogen) atoms. The van der Waals surface area contributed by atoms with Crippen LogP contribution in [0.2, 0.25) is 0 Å². The van der Waals surface area contributed by atoms with Crippen molar-refractivity contribution < 1.29 is 23.7 Å². The van der Waals surface area contributed by atoms with Gasteiger partial charge in [0.2, 0.25) is 5.91 Å². The van der Waals surface area contributed by atoms with Crippen molar-refractivity contribution >= 4 is 11.6 Å². The highest BCUT2D eigenvalue weighted by molar-refractivity contribution is 5.81. The van der Waals surface area contributed by atoms with E-state index >= 15 is 0 Å². The van der Waals surface area contributed by atoms with Gasteiger partial charge in [0.25, 0.3) is 0 Å². The van der Waals surface area contributed by atoms with Crippen LogP contribution in [0.5, 0.6) is 11.5 Å². The van der Waals surface area contributed by atoms with Crippen molar-refractivity contribution in [3.05, 3.63) is 53.6 Å². The van der Waals surface area contributed by atoms with Crippen LogP contribution in [0.4, 0.5) is 5.69 Å². The predicted molar refractivity (Wildman–Crippen MR) is 135 cm³/mol. The molecule has 1 saturated heterocycles. The van der Waals surface area contributed by atoms with Gasteiger partial charge in [0.1, 0.15) is 18.1 Å². The molecule has 2 aromatic rings. The first-order valence-electron chi connectivity index (χ1n) is 12.3. The number of nitrogens with zero attached hydrogens (tertiary/aromatic N) is 1. The maximum absolute atomic E-state index is 12.3. The molecule has 0 saturated carbocycles. The molecule has 3 atom stereocenters. The highest BCUT2D eigenvalue weighted by Crippen LogP contribution is 2.35. The van der Waals surface area contributed by atoms with Gasteiger partial charge < -0.3 is 34.5 Å². The summed E-state index contributed by atoms with van der Waals surface area (Å²) in [7, 11) is 5.07. The molecule has 1 fully saturated rings. The molecule has 0 radical (unpaired) electrons. The van der Waals surface area contributed by atoms with Gasteiger partial charge in [-0.2, -0.15) is 0 Å². The Bertz CT molecular complexity index is 968. The highest BCUT2D eigenvalue weighted by Gasteiger charge is 2.35. The number of amides is 1. The standard InChI is InChI=1S/C27H37N3O5/c1-28-27(31)23-16-22(20-6-8-21(33-3)9-7-20)26(17-29-23)35-18-19-5-10-25-24(15-19)30(12-14-34-25)11-4-13-32-2/h5-10,15,22-23,26,29H,4,11-14,16-18H2,1-3H3,(H,28,31)/t22-,23+,26+/m1/s1. The molecule has 1 amide bonds. The first-order chi connectivity index (χ1) is 17.1. The molecular formula is C27H37N3O5.